The summed E-state index contributed by atoms with van der Waals surface area (Å²) >= 11 is 0. The maximum atomic E-state index is 12.6. The summed E-state index contributed by atoms with van der Waals surface area (Å²) in [4.78, 5) is 27.2. The number of rotatable bonds is 4. The molecule has 1 amide bonds. The molecule has 0 aliphatic rings. The lowest BCUT2D eigenvalue weighted by Crippen LogP contribution is -2.26. The minimum absolute atomic E-state index is 0.167. The first-order valence-corrected chi connectivity index (χ1v) is 8.39. The van der Waals surface area contributed by atoms with Gasteiger partial charge in [-0.15, -0.1) is 0 Å². The van der Waals surface area contributed by atoms with Crippen molar-refractivity contribution in [2.75, 3.05) is 0 Å². The molecule has 2 aromatic rings. The molecule has 2 rings (SSSR count). The molecule has 0 radical (unpaired) electrons. The van der Waals surface area contributed by atoms with Gasteiger partial charge in [0.05, 0.1) is 0 Å². The van der Waals surface area contributed by atoms with E-state index < -0.39 is 26.6 Å². The van der Waals surface area contributed by atoms with Crippen LogP contribution in [0.2, 0.25) is 0 Å². The quantitative estimate of drug-likeness (QED) is 0.808. The van der Waals surface area contributed by atoms with Crippen molar-refractivity contribution in [1.29, 1.82) is 0 Å². The lowest BCUT2D eigenvalue weighted by Gasteiger charge is -2.40. The Labute approximate surface area is 132 Å². The van der Waals surface area contributed by atoms with Gasteiger partial charge in [-0.2, -0.15) is 0 Å². The van der Waals surface area contributed by atoms with Gasteiger partial charge in [-0.1, -0.05) is 31.6 Å². The van der Waals surface area contributed by atoms with E-state index in [-0.39, 0.29) is 35.8 Å². The highest BCUT2D eigenvalue weighted by Gasteiger charge is 2.65. The Balaban J connectivity index is 2.10. The van der Waals surface area contributed by atoms with Crippen LogP contribution < -0.4 is 10.9 Å². The minimum Gasteiger partial charge on any atom is -0.347 e. The standard InChI is InChI=1S/C13H12F5N3O2S/c1-8-20-11(6-12(22)21-8)13(23)19-7-9-2-4-10(5-3-9)24(14,15,16,17)18/h2-6H,7H2,1H3,(H,19,23)(H,20,21,22). The molecule has 11 heteroatoms. The van der Waals surface area contributed by atoms with Crippen molar-refractivity contribution in [3.8, 4) is 0 Å². The Morgan fingerprint density at radius 2 is 1.75 bits per heavy atom. The van der Waals surface area contributed by atoms with E-state index in [4.69, 9.17) is 0 Å². The second kappa shape index (κ2) is 5.03. The maximum Gasteiger partial charge on any atom is 0.310 e. The Bertz CT molecular complexity index is 847. The molecule has 0 spiro atoms. The highest BCUT2D eigenvalue weighted by atomic mass is 32.5. The van der Waals surface area contributed by atoms with Crippen LogP contribution in [0.1, 0.15) is 21.9 Å². The molecule has 1 heterocycles. The number of benzene rings is 1. The first-order valence-electron chi connectivity index (χ1n) is 6.44. The number of carbonyl (C=O) groups excluding carboxylic acids is 1. The van der Waals surface area contributed by atoms with Gasteiger partial charge in [0.15, 0.2) is 0 Å². The lowest BCUT2D eigenvalue weighted by atomic mass is 10.2. The van der Waals surface area contributed by atoms with E-state index in [1.54, 1.807) is 0 Å². The maximum absolute atomic E-state index is 12.6. The van der Waals surface area contributed by atoms with Crippen molar-refractivity contribution < 1.29 is 24.2 Å². The molecular formula is C13H12F5N3O2S. The van der Waals surface area contributed by atoms with E-state index >= 15 is 0 Å². The first kappa shape index (κ1) is 17.9. The van der Waals surface area contributed by atoms with Gasteiger partial charge in [0.2, 0.25) is 0 Å². The Morgan fingerprint density at radius 1 is 1.17 bits per heavy atom. The van der Waals surface area contributed by atoms with E-state index in [2.05, 4.69) is 15.3 Å². The normalized spacial score (nSPS) is 14.6. The van der Waals surface area contributed by atoms with Crippen molar-refractivity contribution >= 4 is 16.1 Å². The SMILES string of the molecule is Cc1nc(C(=O)NCc2ccc(S(F)(F)(F)(F)F)cc2)cc(=O)[nH]1. The lowest BCUT2D eigenvalue weighted by molar-refractivity contribution is 0.0945. The third-order valence-electron chi connectivity index (χ3n) is 2.91. The number of H-pyrrole nitrogens is 1. The summed E-state index contributed by atoms with van der Waals surface area (Å²) in [6.45, 7) is 1.25. The Hall–Kier alpha value is -2.43. The molecule has 0 aliphatic heterocycles. The number of hydrogen-bond donors (Lipinski definition) is 2. The van der Waals surface area contributed by atoms with Gasteiger partial charge in [-0.3, -0.25) is 9.59 Å². The van der Waals surface area contributed by atoms with Gasteiger partial charge in [0, 0.05) is 12.6 Å². The average molecular weight is 369 g/mol. The molecule has 0 unspecified atom stereocenters. The summed E-state index contributed by atoms with van der Waals surface area (Å²) in [5.41, 5.74) is -0.525. The van der Waals surface area contributed by atoms with Crippen LogP contribution in [-0.2, 0) is 6.54 Å². The first-order chi connectivity index (χ1) is 10.7. The summed E-state index contributed by atoms with van der Waals surface area (Å²) in [7, 11) is -9.71. The number of halogens is 5. The molecule has 0 bridgehead atoms. The van der Waals surface area contributed by atoms with Crippen molar-refractivity contribution in [2.24, 2.45) is 0 Å². The predicted molar refractivity (Wildman–Crippen MR) is 78.6 cm³/mol. The van der Waals surface area contributed by atoms with Crippen molar-refractivity contribution in [3.05, 3.63) is 57.8 Å². The van der Waals surface area contributed by atoms with E-state index in [0.717, 1.165) is 18.2 Å². The largest absolute Gasteiger partial charge is 0.347 e. The molecule has 24 heavy (non-hydrogen) atoms. The fourth-order valence-electron chi connectivity index (χ4n) is 1.83. The number of hydrogen-bond acceptors (Lipinski definition) is 3. The number of carbonyl (C=O) groups is 1. The molecular weight excluding hydrogens is 357 g/mol. The van der Waals surface area contributed by atoms with Crippen LogP contribution in [0.25, 0.3) is 0 Å². The molecule has 1 aromatic heterocycles. The summed E-state index contributed by atoms with van der Waals surface area (Å²) < 4.78 is 62.9. The van der Waals surface area contributed by atoms with Crippen LogP contribution in [0.3, 0.4) is 0 Å². The van der Waals surface area contributed by atoms with E-state index in [1.807, 2.05) is 0 Å². The molecule has 0 fully saturated rings. The smallest absolute Gasteiger partial charge is 0.310 e. The minimum atomic E-state index is -9.71. The average Bonchev–Trinajstić information content (AvgIpc) is 2.41. The number of aryl methyl sites for hydroxylation is 1. The van der Waals surface area contributed by atoms with Gasteiger partial charge < -0.3 is 10.3 Å². The van der Waals surface area contributed by atoms with E-state index in [9.17, 15) is 29.0 Å². The zero-order chi connectivity index (χ0) is 18.2. The monoisotopic (exact) mass is 369 g/mol. The van der Waals surface area contributed by atoms with E-state index in [0.29, 0.717) is 0 Å². The van der Waals surface area contributed by atoms with Gasteiger partial charge in [0.25, 0.3) is 11.5 Å². The van der Waals surface area contributed by atoms with Crippen LogP contribution in [0.5, 0.6) is 0 Å². The van der Waals surface area contributed by atoms with Crippen molar-refractivity contribution in [1.82, 2.24) is 15.3 Å². The predicted octanol–water partition coefficient (Wildman–Crippen LogP) is 3.67. The Morgan fingerprint density at radius 3 is 2.25 bits per heavy atom. The highest BCUT2D eigenvalue weighted by molar-refractivity contribution is 8.45. The molecule has 0 saturated heterocycles. The molecule has 2 N–H and O–H groups in total. The zero-order valence-electron chi connectivity index (χ0n) is 12.2. The third kappa shape index (κ3) is 4.54. The zero-order valence-corrected chi connectivity index (χ0v) is 13.0. The number of nitrogens with one attached hydrogen (secondary N) is 2. The van der Waals surface area contributed by atoms with Crippen molar-refractivity contribution in [3.63, 3.8) is 0 Å². The number of amides is 1. The van der Waals surface area contributed by atoms with Crippen LogP contribution >= 0.6 is 10.2 Å². The van der Waals surface area contributed by atoms with Crippen LogP contribution in [0, 0.1) is 6.92 Å². The van der Waals surface area contributed by atoms with Gasteiger partial charge in [-0.05, 0) is 24.6 Å². The number of aromatic amines is 1. The highest BCUT2D eigenvalue weighted by Crippen LogP contribution is 3.02. The summed E-state index contributed by atoms with van der Waals surface area (Å²) in [5.74, 6) is -0.506. The van der Waals surface area contributed by atoms with Crippen LogP contribution in [-0.4, -0.2) is 15.9 Å². The van der Waals surface area contributed by atoms with E-state index in [1.165, 1.54) is 6.92 Å². The number of nitrogens with zero attached hydrogens (tertiary/aromatic N) is 1. The van der Waals surface area contributed by atoms with Gasteiger partial charge in [-0.25, -0.2) is 4.98 Å². The third-order valence-corrected chi connectivity index (χ3v) is 4.08. The second-order valence-corrected chi connectivity index (χ2v) is 7.42. The van der Waals surface area contributed by atoms with Crippen molar-refractivity contribution in [2.45, 2.75) is 18.4 Å². The molecule has 132 valence electrons. The molecule has 0 atom stereocenters. The van der Waals surface area contributed by atoms with Gasteiger partial charge >= 0.3 is 10.2 Å². The summed E-state index contributed by atoms with van der Waals surface area (Å²) in [6.07, 6.45) is 0. The molecule has 1 aromatic carbocycles. The molecule has 0 saturated carbocycles. The molecule has 0 aliphatic carbocycles. The topological polar surface area (TPSA) is 74.8 Å². The summed E-state index contributed by atoms with van der Waals surface area (Å²) in [5, 5.41) is 2.33. The van der Waals surface area contributed by atoms with Crippen LogP contribution in [0.15, 0.2) is 40.0 Å². The fraction of sp³-hybridized carbons (Fsp3) is 0.154. The Kier molecular flexibility index (Phi) is 3.76. The number of aromatic nitrogens is 2. The second-order valence-electron chi connectivity index (χ2n) is 5.01. The fourth-order valence-corrected chi connectivity index (χ4v) is 2.48. The van der Waals surface area contributed by atoms with Gasteiger partial charge in [0.1, 0.15) is 16.4 Å². The molecule has 5 nitrogen and oxygen atoms in total. The van der Waals surface area contributed by atoms with Crippen LogP contribution in [0.4, 0.5) is 19.4 Å². The summed E-state index contributed by atoms with van der Waals surface area (Å²) in [6, 6.07) is 3.16.